The summed E-state index contributed by atoms with van der Waals surface area (Å²) in [6, 6.07) is 9.81. The Morgan fingerprint density at radius 3 is 2.43 bits per heavy atom. The van der Waals surface area contributed by atoms with Gasteiger partial charge >= 0.3 is 6.18 Å². The van der Waals surface area contributed by atoms with Crippen LogP contribution in [0.2, 0.25) is 0 Å². The maximum absolute atomic E-state index is 12.8. The molecule has 0 aromatic heterocycles. The van der Waals surface area contributed by atoms with Crippen LogP contribution in [-0.4, -0.2) is 7.11 Å². The van der Waals surface area contributed by atoms with Crippen molar-refractivity contribution in [2.45, 2.75) is 19.1 Å². The number of alkyl halides is 3. The largest absolute Gasteiger partial charge is 0.496 e. The minimum atomic E-state index is -4.38. The van der Waals surface area contributed by atoms with Crippen molar-refractivity contribution in [1.82, 2.24) is 0 Å². The van der Waals surface area contributed by atoms with E-state index in [0.29, 0.717) is 16.9 Å². The van der Waals surface area contributed by atoms with Gasteiger partial charge in [-0.2, -0.15) is 13.2 Å². The summed E-state index contributed by atoms with van der Waals surface area (Å²) in [5.74, 6) is 0.569. The third kappa shape index (κ3) is 3.36. The number of ether oxygens (including phenoxy) is 1. The van der Waals surface area contributed by atoms with Crippen LogP contribution < -0.4 is 10.5 Å². The standard InChI is InChI=1S/C16H16F3NO/c1-10-6-7-13(14(8-10)21-2)15(20)11-4-3-5-12(9-11)16(17,18)19/h3-9,15H,20H2,1-2H3. The molecule has 0 aliphatic rings. The second-order valence-corrected chi connectivity index (χ2v) is 4.85. The predicted molar refractivity (Wildman–Crippen MR) is 75.2 cm³/mol. The molecule has 0 heterocycles. The molecule has 1 unspecified atom stereocenters. The molecule has 0 saturated heterocycles. The lowest BCUT2D eigenvalue weighted by molar-refractivity contribution is -0.137. The molecule has 0 spiro atoms. The van der Waals surface area contributed by atoms with Gasteiger partial charge in [0.1, 0.15) is 5.75 Å². The van der Waals surface area contributed by atoms with Crippen molar-refractivity contribution in [3.8, 4) is 5.75 Å². The molecule has 0 aliphatic heterocycles. The van der Waals surface area contributed by atoms with Crippen molar-refractivity contribution in [2.24, 2.45) is 5.73 Å². The minimum absolute atomic E-state index is 0.395. The van der Waals surface area contributed by atoms with Gasteiger partial charge in [-0.15, -0.1) is 0 Å². The van der Waals surface area contributed by atoms with Crippen molar-refractivity contribution < 1.29 is 17.9 Å². The molecule has 21 heavy (non-hydrogen) atoms. The Hall–Kier alpha value is -2.01. The van der Waals surface area contributed by atoms with E-state index < -0.39 is 17.8 Å². The van der Waals surface area contributed by atoms with E-state index in [1.165, 1.54) is 13.2 Å². The number of hydrogen-bond acceptors (Lipinski definition) is 2. The molecule has 2 nitrogen and oxygen atoms in total. The van der Waals surface area contributed by atoms with Crippen molar-refractivity contribution in [3.63, 3.8) is 0 Å². The number of hydrogen-bond donors (Lipinski definition) is 1. The first-order valence-corrected chi connectivity index (χ1v) is 6.40. The third-order valence-electron chi connectivity index (χ3n) is 3.30. The Labute approximate surface area is 121 Å². The number of rotatable bonds is 3. The van der Waals surface area contributed by atoms with Crippen LogP contribution in [0.4, 0.5) is 13.2 Å². The average Bonchev–Trinajstić information content (AvgIpc) is 2.45. The molecule has 2 N–H and O–H groups in total. The highest BCUT2D eigenvalue weighted by atomic mass is 19.4. The van der Waals surface area contributed by atoms with Crippen LogP contribution >= 0.6 is 0 Å². The first kappa shape index (κ1) is 15.4. The molecular weight excluding hydrogens is 279 g/mol. The maximum atomic E-state index is 12.8. The van der Waals surface area contributed by atoms with Crippen molar-refractivity contribution in [2.75, 3.05) is 7.11 Å². The SMILES string of the molecule is COc1cc(C)ccc1C(N)c1cccc(C(F)(F)F)c1. The summed E-state index contributed by atoms with van der Waals surface area (Å²) < 4.78 is 43.6. The van der Waals surface area contributed by atoms with Gasteiger partial charge in [-0.3, -0.25) is 0 Å². The van der Waals surface area contributed by atoms with Gasteiger partial charge in [0.15, 0.2) is 0 Å². The van der Waals surface area contributed by atoms with E-state index in [9.17, 15) is 13.2 Å². The first-order chi connectivity index (χ1) is 9.82. The van der Waals surface area contributed by atoms with Crippen LogP contribution in [0.25, 0.3) is 0 Å². The van der Waals surface area contributed by atoms with Crippen LogP contribution in [0.5, 0.6) is 5.75 Å². The first-order valence-electron chi connectivity index (χ1n) is 6.40. The zero-order valence-corrected chi connectivity index (χ0v) is 11.7. The molecule has 2 rings (SSSR count). The van der Waals surface area contributed by atoms with Crippen molar-refractivity contribution >= 4 is 0 Å². The van der Waals surface area contributed by atoms with Crippen LogP contribution in [0, 0.1) is 6.92 Å². The van der Waals surface area contributed by atoms with Gasteiger partial charge in [0.25, 0.3) is 0 Å². The Balaban J connectivity index is 2.43. The lowest BCUT2D eigenvalue weighted by Crippen LogP contribution is -2.14. The number of methoxy groups -OCH3 is 1. The normalized spacial score (nSPS) is 13.0. The average molecular weight is 295 g/mol. The summed E-state index contributed by atoms with van der Waals surface area (Å²) in [6.07, 6.45) is -4.38. The predicted octanol–water partition coefficient (Wildman–Crippen LogP) is 4.07. The second kappa shape index (κ2) is 5.77. The highest BCUT2D eigenvalue weighted by Gasteiger charge is 2.31. The molecule has 0 radical (unpaired) electrons. The molecular formula is C16H16F3NO. The van der Waals surface area contributed by atoms with Crippen molar-refractivity contribution in [3.05, 3.63) is 64.7 Å². The van der Waals surface area contributed by atoms with Gasteiger partial charge in [-0.25, -0.2) is 0 Å². The molecule has 0 bridgehead atoms. The summed E-state index contributed by atoms with van der Waals surface area (Å²) >= 11 is 0. The topological polar surface area (TPSA) is 35.2 Å². The fourth-order valence-electron chi connectivity index (χ4n) is 2.16. The van der Waals surface area contributed by atoms with E-state index in [1.54, 1.807) is 12.1 Å². The van der Waals surface area contributed by atoms with E-state index in [4.69, 9.17) is 10.5 Å². The molecule has 0 aliphatic carbocycles. The van der Waals surface area contributed by atoms with Gasteiger partial charge in [0.2, 0.25) is 0 Å². The zero-order chi connectivity index (χ0) is 15.6. The minimum Gasteiger partial charge on any atom is -0.496 e. The van der Waals surface area contributed by atoms with Crippen LogP contribution in [0.1, 0.15) is 28.3 Å². The highest BCUT2D eigenvalue weighted by Crippen LogP contribution is 2.33. The lowest BCUT2D eigenvalue weighted by atomic mass is 9.96. The van der Waals surface area contributed by atoms with E-state index >= 15 is 0 Å². The molecule has 2 aromatic rings. The number of halogens is 3. The molecule has 2 aromatic carbocycles. The van der Waals surface area contributed by atoms with E-state index in [0.717, 1.165) is 17.7 Å². The van der Waals surface area contributed by atoms with E-state index in [1.807, 2.05) is 19.1 Å². The zero-order valence-electron chi connectivity index (χ0n) is 11.7. The number of benzene rings is 2. The fraction of sp³-hybridized carbons (Fsp3) is 0.250. The Bertz CT molecular complexity index is 638. The van der Waals surface area contributed by atoms with Gasteiger partial charge in [-0.05, 0) is 36.2 Å². The monoisotopic (exact) mass is 295 g/mol. The Kier molecular flexibility index (Phi) is 4.23. The molecule has 112 valence electrons. The van der Waals surface area contributed by atoms with E-state index in [2.05, 4.69) is 0 Å². The van der Waals surface area contributed by atoms with Gasteiger partial charge < -0.3 is 10.5 Å². The third-order valence-corrected chi connectivity index (χ3v) is 3.30. The number of aryl methyl sites for hydroxylation is 1. The Morgan fingerprint density at radius 1 is 1.10 bits per heavy atom. The molecule has 0 saturated carbocycles. The van der Waals surface area contributed by atoms with Gasteiger partial charge in [0, 0.05) is 5.56 Å². The molecule has 0 amide bonds. The smallest absolute Gasteiger partial charge is 0.416 e. The van der Waals surface area contributed by atoms with Crippen LogP contribution in [-0.2, 0) is 6.18 Å². The van der Waals surface area contributed by atoms with Gasteiger partial charge in [0.05, 0.1) is 18.7 Å². The second-order valence-electron chi connectivity index (χ2n) is 4.85. The molecule has 5 heteroatoms. The van der Waals surface area contributed by atoms with Gasteiger partial charge in [-0.1, -0.05) is 24.3 Å². The summed E-state index contributed by atoms with van der Waals surface area (Å²) in [5.41, 5.74) is 7.44. The van der Waals surface area contributed by atoms with Crippen LogP contribution in [0.3, 0.4) is 0 Å². The fourth-order valence-corrected chi connectivity index (χ4v) is 2.16. The maximum Gasteiger partial charge on any atom is 0.416 e. The summed E-state index contributed by atoms with van der Waals surface area (Å²) in [7, 11) is 1.51. The van der Waals surface area contributed by atoms with Crippen LogP contribution in [0.15, 0.2) is 42.5 Å². The molecule has 0 fully saturated rings. The van der Waals surface area contributed by atoms with Crippen molar-refractivity contribution in [1.29, 1.82) is 0 Å². The molecule has 1 atom stereocenters. The summed E-state index contributed by atoms with van der Waals surface area (Å²) in [4.78, 5) is 0. The highest BCUT2D eigenvalue weighted by molar-refractivity contribution is 5.44. The number of nitrogens with two attached hydrogens (primary N) is 1. The summed E-state index contributed by atoms with van der Waals surface area (Å²) in [5, 5.41) is 0. The quantitative estimate of drug-likeness (QED) is 0.926. The van der Waals surface area contributed by atoms with E-state index in [-0.39, 0.29) is 0 Å². The lowest BCUT2D eigenvalue weighted by Gasteiger charge is -2.18. The summed E-state index contributed by atoms with van der Waals surface area (Å²) in [6.45, 7) is 1.90. The Morgan fingerprint density at radius 2 is 1.81 bits per heavy atom.